The van der Waals surface area contributed by atoms with E-state index in [4.69, 9.17) is 0 Å². The minimum Gasteiger partial charge on any atom is -0.480 e. The van der Waals surface area contributed by atoms with Crippen molar-refractivity contribution in [3.8, 4) is 0 Å². The fraction of sp³-hybridized carbons (Fsp3) is 0.321. The molecule has 35 heavy (non-hydrogen) atoms. The molecule has 2 fully saturated rings. The van der Waals surface area contributed by atoms with Gasteiger partial charge in [0.15, 0.2) is 5.54 Å². The van der Waals surface area contributed by atoms with Gasteiger partial charge in [-0.1, -0.05) is 74.5 Å². The molecule has 5 rings (SSSR count). The van der Waals surface area contributed by atoms with E-state index >= 15 is 0 Å². The number of anilines is 1. The summed E-state index contributed by atoms with van der Waals surface area (Å²) < 4.78 is 0. The third kappa shape index (κ3) is 3.22. The third-order valence-corrected chi connectivity index (χ3v) is 7.63. The van der Waals surface area contributed by atoms with Gasteiger partial charge in [0.1, 0.15) is 0 Å². The number of fused-ring (bicyclic) bond motifs is 2. The zero-order valence-corrected chi connectivity index (χ0v) is 19.7. The summed E-state index contributed by atoms with van der Waals surface area (Å²) in [4.78, 5) is 41.8. The van der Waals surface area contributed by atoms with Gasteiger partial charge in [0, 0.05) is 6.04 Å². The monoisotopic (exact) mass is 472 g/mol. The van der Waals surface area contributed by atoms with Crippen molar-refractivity contribution in [1.29, 1.82) is 0 Å². The summed E-state index contributed by atoms with van der Waals surface area (Å²) in [5, 5.41) is 25.4. The fourth-order valence-electron chi connectivity index (χ4n) is 5.92. The molecule has 0 radical (unpaired) electrons. The number of aliphatic hydroxyl groups is 1. The average molecular weight is 473 g/mol. The molecule has 4 atom stereocenters. The standard InChI is InChI=1S/C28H28N2O5/c1-3-16-10-7-11-17(4-2)24(16)30-25(32)21-22(26(30)33)28(15-31,27(34)35)29-23(21)20-14-8-12-18-9-5-6-13-19(18)20/h5-14,21-23,29,31H,3-4,15H2,1-2H3,(H,34,35). The van der Waals surface area contributed by atoms with E-state index in [-0.39, 0.29) is 0 Å². The van der Waals surface area contributed by atoms with E-state index in [2.05, 4.69) is 5.32 Å². The van der Waals surface area contributed by atoms with Gasteiger partial charge >= 0.3 is 5.97 Å². The largest absolute Gasteiger partial charge is 0.480 e. The number of carbonyl (C=O) groups excluding carboxylic acids is 2. The van der Waals surface area contributed by atoms with Gasteiger partial charge in [-0.3, -0.25) is 19.7 Å². The van der Waals surface area contributed by atoms with Crippen molar-refractivity contribution in [3.05, 3.63) is 77.4 Å². The molecule has 7 heteroatoms. The van der Waals surface area contributed by atoms with Crippen molar-refractivity contribution >= 4 is 34.2 Å². The third-order valence-electron chi connectivity index (χ3n) is 7.63. The van der Waals surface area contributed by atoms with Crippen LogP contribution in [0.1, 0.15) is 36.6 Å². The van der Waals surface area contributed by atoms with Crippen LogP contribution in [-0.4, -0.2) is 40.1 Å². The second kappa shape index (κ2) is 8.59. The Morgan fingerprint density at radius 1 is 0.943 bits per heavy atom. The van der Waals surface area contributed by atoms with Crippen LogP contribution in [0.4, 0.5) is 5.69 Å². The van der Waals surface area contributed by atoms with Gasteiger partial charge in [0.25, 0.3) is 0 Å². The number of carbonyl (C=O) groups is 3. The molecule has 3 N–H and O–H groups in total. The molecule has 7 nitrogen and oxygen atoms in total. The predicted octanol–water partition coefficient (Wildman–Crippen LogP) is 3.23. The molecule has 180 valence electrons. The molecule has 0 aromatic heterocycles. The molecule has 2 aliphatic rings. The number of hydrogen-bond acceptors (Lipinski definition) is 5. The fourth-order valence-corrected chi connectivity index (χ4v) is 5.92. The summed E-state index contributed by atoms with van der Waals surface area (Å²) >= 11 is 0. The molecule has 2 amide bonds. The number of para-hydroxylation sites is 1. The van der Waals surface area contributed by atoms with Crippen LogP contribution < -0.4 is 10.2 Å². The molecule has 0 bridgehead atoms. The van der Waals surface area contributed by atoms with Gasteiger partial charge < -0.3 is 10.2 Å². The van der Waals surface area contributed by atoms with Crippen LogP contribution in [0.15, 0.2) is 60.7 Å². The van der Waals surface area contributed by atoms with Crippen molar-refractivity contribution in [2.75, 3.05) is 11.5 Å². The summed E-state index contributed by atoms with van der Waals surface area (Å²) in [5.74, 6) is -4.57. The Morgan fingerprint density at radius 2 is 1.57 bits per heavy atom. The number of hydrogen-bond donors (Lipinski definition) is 3. The van der Waals surface area contributed by atoms with E-state index in [1.54, 1.807) is 0 Å². The lowest BCUT2D eigenvalue weighted by Gasteiger charge is -2.30. The first-order valence-corrected chi connectivity index (χ1v) is 12.0. The number of benzene rings is 3. The molecular formula is C28H28N2O5. The second-order valence-electron chi connectivity index (χ2n) is 9.27. The van der Waals surface area contributed by atoms with Crippen LogP contribution in [0, 0.1) is 11.8 Å². The predicted molar refractivity (Wildman–Crippen MR) is 132 cm³/mol. The number of carboxylic acids is 1. The van der Waals surface area contributed by atoms with Crippen LogP contribution in [0.25, 0.3) is 10.8 Å². The maximum absolute atomic E-state index is 14.1. The van der Waals surface area contributed by atoms with Gasteiger partial charge in [0.2, 0.25) is 11.8 Å². The van der Waals surface area contributed by atoms with Crippen LogP contribution in [0.2, 0.25) is 0 Å². The Balaban J connectivity index is 1.73. The SMILES string of the molecule is CCc1cccc(CC)c1N1C(=O)C2C(c3cccc4ccccc34)NC(CO)(C(=O)O)C2C1=O. The van der Waals surface area contributed by atoms with Gasteiger partial charge in [0.05, 0.1) is 24.1 Å². The van der Waals surface area contributed by atoms with E-state index in [1.807, 2.05) is 74.5 Å². The van der Waals surface area contributed by atoms with Gasteiger partial charge in [-0.15, -0.1) is 0 Å². The zero-order valence-electron chi connectivity index (χ0n) is 19.7. The number of imide groups is 1. The summed E-state index contributed by atoms with van der Waals surface area (Å²) in [6, 6.07) is 18.2. The van der Waals surface area contributed by atoms with E-state index in [0.29, 0.717) is 18.5 Å². The number of aliphatic carboxylic acids is 1. The number of amides is 2. The van der Waals surface area contributed by atoms with Crippen molar-refractivity contribution in [2.45, 2.75) is 38.3 Å². The van der Waals surface area contributed by atoms with E-state index in [0.717, 1.165) is 27.5 Å². The van der Waals surface area contributed by atoms with Crippen molar-refractivity contribution < 1.29 is 24.6 Å². The average Bonchev–Trinajstić information content (AvgIpc) is 3.37. The second-order valence-corrected chi connectivity index (χ2v) is 9.27. The Labute approximate surface area is 203 Å². The smallest absolute Gasteiger partial charge is 0.327 e. The first-order chi connectivity index (χ1) is 16.9. The Kier molecular flexibility index (Phi) is 5.69. The highest BCUT2D eigenvalue weighted by atomic mass is 16.4. The Morgan fingerprint density at radius 3 is 2.20 bits per heavy atom. The first kappa shape index (κ1) is 23.2. The molecular weight excluding hydrogens is 444 g/mol. The number of aryl methyl sites for hydroxylation is 2. The minimum absolute atomic E-state index is 0.433. The highest BCUT2D eigenvalue weighted by Crippen LogP contribution is 2.51. The number of nitrogens with one attached hydrogen (secondary N) is 1. The quantitative estimate of drug-likeness (QED) is 0.476. The van der Waals surface area contributed by atoms with E-state index in [9.17, 15) is 24.6 Å². The maximum atomic E-state index is 14.1. The number of carboxylic acid groups (broad SMARTS) is 1. The molecule has 3 aromatic rings. The summed E-state index contributed by atoms with van der Waals surface area (Å²) in [7, 11) is 0. The Hall–Kier alpha value is -3.55. The van der Waals surface area contributed by atoms with Crippen molar-refractivity contribution in [1.82, 2.24) is 5.32 Å². The Bertz CT molecular complexity index is 1320. The van der Waals surface area contributed by atoms with E-state index < -0.39 is 47.8 Å². The van der Waals surface area contributed by atoms with Crippen LogP contribution in [0.5, 0.6) is 0 Å². The minimum atomic E-state index is -1.97. The number of rotatable bonds is 6. The van der Waals surface area contributed by atoms with Crippen LogP contribution in [-0.2, 0) is 27.2 Å². The lowest BCUT2D eigenvalue weighted by Crippen LogP contribution is -2.58. The van der Waals surface area contributed by atoms with Crippen LogP contribution >= 0.6 is 0 Å². The molecule has 0 saturated carbocycles. The van der Waals surface area contributed by atoms with Gasteiger partial charge in [-0.25, -0.2) is 4.90 Å². The number of nitrogens with zero attached hydrogens (tertiary/aromatic N) is 1. The van der Waals surface area contributed by atoms with Crippen LogP contribution in [0.3, 0.4) is 0 Å². The summed E-state index contributed by atoms with van der Waals surface area (Å²) in [6.07, 6.45) is 1.23. The summed E-state index contributed by atoms with van der Waals surface area (Å²) in [6.45, 7) is 3.10. The highest BCUT2D eigenvalue weighted by Gasteiger charge is 2.69. The molecule has 2 heterocycles. The first-order valence-electron chi connectivity index (χ1n) is 12.0. The lowest BCUT2D eigenvalue weighted by atomic mass is 9.79. The van der Waals surface area contributed by atoms with Gasteiger partial charge in [-0.2, -0.15) is 0 Å². The molecule has 3 aromatic carbocycles. The normalized spacial score (nSPS) is 25.9. The molecule has 2 saturated heterocycles. The van der Waals surface area contributed by atoms with Gasteiger partial charge in [-0.05, 0) is 40.3 Å². The molecule has 4 unspecified atom stereocenters. The highest BCUT2D eigenvalue weighted by molar-refractivity contribution is 6.25. The molecule has 2 aliphatic heterocycles. The van der Waals surface area contributed by atoms with Crippen molar-refractivity contribution in [3.63, 3.8) is 0 Å². The lowest BCUT2D eigenvalue weighted by molar-refractivity contribution is -0.150. The molecule has 0 spiro atoms. The van der Waals surface area contributed by atoms with Crippen molar-refractivity contribution in [2.24, 2.45) is 11.8 Å². The zero-order chi connectivity index (χ0) is 24.9. The number of aliphatic hydroxyl groups excluding tert-OH is 1. The summed E-state index contributed by atoms with van der Waals surface area (Å²) in [5.41, 5.74) is 1.02. The van der Waals surface area contributed by atoms with E-state index in [1.165, 1.54) is 4.90 Å². The molecule has 0 aliphatic carbocycles. The maximum Gasteiger partial charge on any atom is 0.327 e. The topological polar surface area (TPSA) is 107 Å².